The molecule has 1 N–H and O–H groups in total. The van der Waals surface area contributed by atoms with Gasteiger partial charge in [-0.2, -0.15) is 0 Å². The lowest BCUT2D eigenvalue weighted by Gasteiger charge is -2.36. The summed E-state index contributed by atoms with van der Waals surface area (Å²) in [6, 6.07) is 18.4. The molecule has 2 heterocycles. The first-order valence-corrected chi connectivity index (χ1v) is 11.5. The zero-order valence-corrected chi connectivity index (χ0v) is 19.7. The number of urea groups is 1. The molecule has 0 saturated carbocycles. The molecular weight excluding hydrogens is 446 g/mol. The van der Waals surface area contributed by atoms with Crippen LogP contribution in [0.5, 0.6) is 17.2 Å². The van der Waals surface area contributed by atoms with Crippen LogP contribution in [-0.4, -0.2) is 43.8 Å². The van der Waals surface area contributed by atoms with Crippen LogP contribution in [0.15, 0.2) is 60.7 Å². The summed E-state index contributed by atoms with van der Waals surface area (Å²) in [6.45, 7) is 3.99. The smallest absolute Gasteiger partial charge is 0.324 e. The average Bonchev–Trinajstić information content (AvgIpc) is 3.33. The predicted molar refractivity (Wildman–Crippen MR) is 132 cm³/mol. The summed E-state index contributed by atoms with van der Waals surface area (Å²) in [5, 5.41) is 2.91. The summed E-state index contributed by atoms with van der Waals surface area (Å²) in [6.07, 6.45) is 0.828. The molecule has 1 fully saturated rings. The fraction of sp³-hybridized carbons (Fsp3) is 0.259. The second kappa shape index (κ2) is 9.58. The fourth-order valence-electron chi connectivity index (χ4n) is 4.40. The third-order valence-electron chi connectivity index (χ3n) is 6.13. The molecule has 0 unspecified atom stereocenters. The molecule has 180 valence electrons. The number of aryl methyl sites for hydroxylation is 1. The molecule has 2 aliphatic heterocycles. The molecule has 2 aliphatic rings. The Hall–Kier alpha value is -4.20. The summed E-state index contributed by atoms with van der Waals surface area (Å²) in [7, 11) is 1.57. The van der Waals surface area contributed by atoms with Crippen LogP contribution in [0.1, 0.15) is 27.9 Å². The molecule has 5 rings (SSSR count). The first-order chi connectivity index (χ1) is 17.0. The predicted octanol–water partition coefficient (Wildman–Crippen LogP) is 4.82. The molecule has 3 aromatic carbocycles. The molecule has 8 nitrogen and oxygen atoms in total. The molecule has 0 radical (unpaired) electrons. The van der Waals surface area contributed by atoms with Crippen LogP contribution in [0, 0.1) is 6.92 Å². The summed E-state index contributed by atoms with van der Waals surface area (Å²) in [5.41, 5.74) is 3.89. The van der Waals surface area contributed by atoms with E-state index >= 15 is 0 Å². The van der Waals surface area contributed by atoms with Crippen molar-refractivity contribution in [1.82, 2.24) is 4.90 Å². The second-order valence-electron chi connectivity index (χ2n) is 8.61. The summed E-state index contributed by atoms with van der Waals surface area (Å²) < 4.78 is 16.2. The highest BCUT2D eigenvalue weighted by atomic mass is 16.7. The van der Waals surface area contributed by atoms with Gasteiger partial charge < -0.3 is 24.4 Å². The van der Waals surface area contributed by atoms with Gasteiger partial charge in [0, 0.05) is 30.9 Å². The summed E-state index contributed by atoms with van der Waals surface area (Å²) in [5.74, 6) is 1.44. The lowest BCUT2D eigenvalue weighted by atomic mass is 10.1. The van der Waals surface area contributed by atoms with E-state index in [1.165, 1.54) is 0 Å². The molecule has 0 aromatic heterocycles. The normalized spacial score (nSPS) is 14.7. The topological polar surface area (TPSA) is 80.3 Å². The van der Waals surface area contributed by atoms with Crippen LogP contribution in [0.3, 0.4) is 0 Å². The van der Waals surface area contributed by atoms with Gasteiger partial charge in [-0.1, -0.05) is 29.8 Å². The van der Waals surface area contributed by atoms with Crippen molar-refractivity contribution in [1.29, 1.82) is 0 Å². The van der Waals surface area contributed by atoms with Crippen molar-refractivity contribution >= 4 is 23.3 Å². The minimum Gasteiger partial charge on any atom is -0.495 e. The van der Waals surface area contributed by atoms with Crippen molar-refractivity contribution in [3.05, 3.63) is 77.4 Å². The third-order valence-corrected chi connectivity index (χ3v) is 6.13. The molecule has 1 saturated heterocycles. The Morgan fingerprint density at radius 1 is 1.03 bits per heavy atom. The monoisotopic (exact) mass is 473 g/mol. The Kier molecular flexibility index (Phi) is 6.18. The Labute approximate surface area is 204 Å². The van der Waals surface area contributed by atoms with E-state index in [0.717, 1.165) is 17.5 Å². The van der Waals surface area contributed by atoms with Gasteiger partial charge in [0.1, 0.15) is 5.75 Å². The van der Waals surface area contributed by atoms with Gasteiger partial charge in [-0.25, -0.2) is 4.79 Å². The first-order valence-electron chi connectivity index (χ1n) is 11.5. The van der Waals surface area contributed by atoms with Gasteiger partial charge in [0.15, 0.2) is 11.5 Å². The zero-order valence-electron chi connectivity index (χ0n) is 19.7. The number of anilines is 2. The second-order valence-corrected chi connectivity index (χ2v) is 8.61. The van der Waals surface area contributed by atoms with Crippen LogP contribution in [0.25, 0.3) is 0 Å². The van der Waals surface area contributed by atoms with Gasteiger partial charge >= 0.3 is 6.03 Å². The maximum Gasteiger partial charge on any atom is 0.324 e. The molecule has 0 atom stereocenters. The van der Waals surface area contributed by atoms with Crippen molar-refractivity contribution in [3.63, 3.8) is 0 Å². The van der Waals surface area contributed by atoms with Gasteiger partial charge in [0.2, 0.25) is 6.79 Å². The highest BCUT2D eigenvalue weighted by molar-refractivity contribution is 6.05. The molecule has 0 aliphatic carbocycles. The Morgan fingerprint density at radius 3 is 2.71 bits per heavy atom. The number of benzene rings is 3. The van der Waals surface area contributed by atoms with Crippen molar-refractivity contribution in [2.45, 2.75) is 19.9 Å². The molecule has 0 bridgehead atoms. The van der Waals surface area contributed by atoms with E-state index in [1.807, 2.05) is 30.0 Å². The summed E-state index contributed by atoms with van der Waals surface area (Å²) in [4.78, 5) is 29.9. The van der Waals surface area contributed by atoms with E-state index in [1.54, 1.807) is 48.4 Å². The van der Waals surface area contributed by atoms with Gasteiger partial charge in [0.25, 0.3) is 5.91 Å². The number of carbonyl (C=O) groups excluding carboxylic acids is 2. The van der Waals surface area contributed by atoms with Crippen LogP contribution >= 0.6 is 0 Å². The van der Waals surface area contributed by atoms with Crippen LogP contribution in [0.4, 0.5) is 16.2 Å². The third kappa shape index (κ3) is 4.73. The van der Waals surface area contributed by atoms with Crippen LogP contribution in [0.2, 0.25) is 0 Å². The Bertz CT molecular complexity index is 1280. The van der Waals surface area contributed by atoms with Crippen molar-refractivity contribution in [2.24, 2.45) is 0 Å². The molecular formula is C27H27N3O5. The molecule has 0 spiro atoms. The van der Waals surface area contributed by atoms with Crippen LogP contribution < -0.4 is 24.4 Å². The number of hydrogen-bond acceptors (Lipinski definition) is 5. The Balaban J connectivity index is 1.36. The first kappa shape index (κ1) is 22.6. The molecule has 8 heteroatoms. The summed E-state index contributed by atoms with van der Waals surface area (Å²) >= 11 is 0. The van der Waals surface area contributed by atoms with E-state index in [9.17, 15) is 9.59 Å². The largest absolute Gasteiger partial charge is 0.495 e. The highest BCUT2D eigenvalue weighted by Gasteiger charge is 2.29. The molecule has 35 heavy (non-hydrogen) atoms. The quantitative estimate of drug-likeness (QED) is 0.555. The number of carbonyl (C=O) groups is 2. The number of hydrogen-bond donors (Lipinski definition) is 1. The number of amides is 3. The van der Waals surface area contributed by atoms with Crippen molar-refractivity contribution < 1.29 is 23.8 Å². The van der Waals surface area contributed by atoms with Gasteiger partial charge in [-0.15, -0.1) is 0 Å². The number of fused-ring (bicyclic) bond motifs is 1. The average molecular weight is 474 g/mol. The van der Waals surface area contributed by atoms with E-state index in [-0.39, 0.29) is 18.7 Å². The van der Waals surface area contributed by atoms with E-state index < -0.39 is 0 Å². The van der Waals surface area contributed by atoms with Crippen molar-refractivity contribution in [3.8, 4) is 17.2 Å². The van der Waals surface area contributed by atoms with E-state index in [2.05, 4.69) is 11.4 Å². The lowest BCUT2D eigenvalue weighted by Crippen LogP contribution is -2.49. The van der Waals surface area contributed by atoms with E-state index in [4.69, 9.17) is 14.2 Å². The van der Waals surface area contributed by atoms with Crippen LogP contribution in [-0.2, 0) is 6.54 Å². The Morgan fingerprint density at radius 2 is 1.89 bits per heavy atom. The van der Waals surface area contributed by atoms with Gasteiger partial charge in [0.05, 0.1) is 12.8 Å². The highest BCUT2D eigenvalue weighted by Crippen LogP contribution is 2.35. The maximum atomic E-state index is 13.4. The van der Waals surface area contributed by atoms with Crippen molar-refractivity contribution in [2.75, 3.05) is 37.2 Å². The van der Waals surface area contributed by atoms with E-state index in [0.29, 0.717) is 53.8 Å². The number of nitrogens with one attached hydrogen (secondary N) is 1. The molecule has 3 aromatic rings. The zero-order chi connectivity index (χ0) is 24.4. The number of rotatable bonds is 6. The van der Waals surface area contributed by atoms with Gasteiger partial charge in [-0.3, -0.25) is 9.69 Å². The number of methoxy groups -OCH3 is 1. The van der Waals surface area contributed by atoms with Gasteiger partial charge in [-0.05, 0) is 55.3 Å². The minimum atomic E-state index is -0.287. The SMILES string of the molecule is COc1ccc(NC(=O)c2ccc3c(c2)OCO3)cc1N1CCCN(Cc2cccc(C)c2)C1=O. The number of ether oxygens (including phenoxy) is 3. The lowest BCUT2D eigenvalue weighted by molar-refractivity contribution is 0.102. The maximum absolute atomic E-state index is 13.4. The number of nitrogens with zero attached hydrogens (tertiary/aromatic N) is 2. The standard InChI is InChI=1S/C27H27N3O5/c1-18-5-3-6-19(13-18)16-29-11-4-12-30(27(29)32)22-15-21(8-10-23(22)33-2)28-26(31)20-7-9-24-25(14-20)35-17-34-24/h3,5-10,13-15H,4,11-12,16-17H2,1-2H3,(H,28,31). The fourth-order valence-corrected chi connectivity index (χ4v) is 4.40. The molecule has 3 amide bonds. The minimum absolute atomic E-state index is 0.0877.